The molecule has 3 aromatic rings. The molecule has 0 aliphatic heterocycles. The molecule has 11 heteroatoms. The molecule has 0 radical (unpaired) electrons. The molecule has 3 aromatic carbocycles. The number of carbonyl (C=O) groups is 2. The van der Waals surface area contributed by atoms with Gasteiger partial charge in [-0.3, -0.25) is 19.7 Å². The first-order chi connectivity index (χ1) is 19.1. The fraction of sp³-hybridized carbons (Fsp3) is 0.310. The summed E-state index contributed by atoms with van der Waals surface area (Å²) in [7, 11) is 1.30. The van der Waals surface area contributed by atoms with Crippen LogP contribution < -0.4 is 14.8 Å². The molecule has 0 saturated carbocycles. The number of nitro benzene ring substituents is 1. The van der Waals surface area contributed by atoms with Gasteiger partial charge in [-0.1, -0.05) is 66.5 Å². The Labute approximate surface area is 243 Å². The van der Waals surface area contributed by atoms with Gasteiger partial charge in [-0.15, -0.1) is 0 Å². The van der Waals surface area contributed by atoms with Gasteiger partial charge in [-0.25, -0.2) is 0 Å². The van der Waals surface area contributed by atoms with Gasteiger partial charge in [-0.2, -0.15) is 0 Å². The van der Waals surface area contributed by atoms with Crippen LogP contribution in [0.25, 0.3) is 0 Å². The first-order valence-electron chi connectivity index (χ1n) is 12.7. The molecule has 0 unspecified atom stereocenters. The number of halogens is 2. The normalized spacial score (nSPS) is 12.2. The summed E-state index contributed by atoms with van der Waals surface area (Å²) < 4.78 is 10.8. The van der Waals surface area contributed by atoms with Gasteiger partial charge in [0.2, 0.25) is 11.7 Å². The predicted octanol–water partition coefficient (Wildman–Crippen LogP) is 5.84. The summed E-state index contributed by atoms with van der Waals surface area (Å²) in [6.07, 6.45) is 0.969. The van der Waals surface area contributed by atoms with Crippen LogP contribution in [0.1, 0.15) is 31.4 Å². The number of ether oxygens (including phenoxy) is 2. The molecule has 2 atom stereocenters. The van der Waals surface area contributed by atoms with E-state index in [9.17, 15) is 19.7 Å². The Hall–Kier alpha value is -3.82. The summed E-state index contributed by atoms with van der Waals surface area (Å²) in [5, 5.41) is 15.0. The number of rotatable bonds is 13. The van der Waals surface area contributed by atoms with E-state index in [2.05, 4.69) is 5.32 Å². The lowest BCUT2D eigenvalue weighted by Gasteiger charge is -2.32. The molecule has 0 spiro atoms. The summed E-state index contributed by atoms with van der Waals surface area (Å²) in [6, 6.07) is 17.3. The predicted molar refractivity (Wildman–Crippen MR) is 154 cm³/mol. The summed E-state index contributed by atoms with van der Waals surface area (Å²) >= 11 is 12.5. The van der Waals surface area contributed by atoms with Gasteiger partial charge < -0.3 is 19.7 Å². The quantitative estimate of drug-likeness (QED) is 0.198. The second-order valence-electron chi connectivity index (χ2n) is 9.16. The Kier molecular flexibility index (Phi) is 11.2. The van der Waals surface area contributed by atoms with Crippen molar-refractivity contribution >= 4 is 40.7 Å². The number of hydrogen-bond acceptors (Lipinski definition) is 6. The Morgan fingerprint density at radius 2 is 1.80 bits per heavy atom. The van der Waals surface area contributed by atoms with E-state index in [1.807, 2.05) is 44.2 Å². The van der Waals surface area contributed by atoms with Crippen molar-refractivity contribution in [1.82, 2.24) is 10.2 Å². The molecule has 9 nitrogen and oxygen atoms in total. The smallest absolute Gasteiger partial charge is 0.311 e. The van der Waals surface area contributed by atoms with E-state index in [-0.39, 0.29) is 42.1 Å². The highest BCUT2D eigenvalue weighted by Crippen LogP contribution is 2.31. The molecule has 0 aliphatic carbocycles. The number of methoxy groups -OCH3 is 1. The van der Waals surface area contributed by atoms with E-state index in [1.54, 1.807) is 18.2 Å². The minimum atomic E-state index is -0.884. The summed E-state index contributed by atoms with van der Waals surface area (Å²) in [5.74, 6) is -0.601. The Morgan fingerprint density at radius 3 is 2.42 bits per heavy atom. The molecule has 0 bridgehead atoms. The van der Waals surface area contributed by atoms with E-state index in [1.165, 1.54) is 30.2 Å². The van der Waals surface area contributed by atoms with Gasteiger partial charge in [-0.05, 0) is 42.7 Å². The molecule has 3 rings (SSSR count). The Morgan fingerprint density at radius 1 is 1.07 bits per heavy atom. The van der Waals surface area contributed by atoms with Crippen molar-refractivity contribution in [2.45, 2.75) is 45.3 Å². The van der Waals surface area contributed by atoms with E-state index in [0.717, 1.165) is 5.56 Å². The van der Waals surface area contributed by atoms with Crippen LogP contribution in [0, 0.1) is 10.1 Å². The third-order valence-electron chi connectivity index (χ3n) is 6.34. The Balaban J connectivity index is 1.95. The van der Waals surface area contributed by atoms with Crippen molar-refractivity contribution in [3.8, 4) is 11.5 Å². The maximum absolute atomic E-state index is 13.7. The highest BCUT2D eigenvalue weighted by molar-refractivity contribution is 6.35. The second-order valence-corrected chi connectivity index (χ2v) is 10.0. The van der Waals surface area contributed by atoms with Crippen LogP contribution in [0.4, 0.5) is 5.69 Å². The maximum Gasteiger partial charge on any atom is 0.311 e. The molecule has 0 heterocycles. The molecule has 0 saturated heterocycles. The molecule has 0 aliphatic rings. The lowest BCUT2D eigenvalue weighted by Crippen LogP contribution is -2.53. The van der Waals surface area contributed by atoms with Crippen molar-refractivity contribution in [2.75, 3.05) is 13.7 Å². The average Bonchev–Trinajstić information content (AvgIpc) is 2.94. The Bertz CT molecular complexity index is 1340. The van der Waals surface area contributed by atoms with Crippen LogP contribution >= 0.6 is 23.2 Å². The monoisotopic (exact) mass is 587 g/mol. The molecule has 40 heavy (non-hydrogen) atoms. The minimum Gasteiger partial charge on any atom is -0.490 e. The number of amides is 2. The number of benzene rings is 3. The molecule has 0 aromatic heterocycles. The summed E-state index contributed by atoms with van der Waals surface area (Å²) in [5.41, 5.74) is 1.24. The molecule has 0 fully saturated rings. The number of nitrogens with zero attached hydrogens (tertiary/aromatic N) is 2. The standard InChI is InChI=1S/C29H31Cl2N3O6/c1-4-19(2)32-29(36)26(14-20-8-6-5-7-9-20)33(17-21-10-11-22(30)15-24(21)31)28(35)18-40-23-12-13-25(34(37)38)27(16-23)39-3/h5-13,15-16,19,26H,4,14,17-18H2,1-3H3,(H,32,36)/t19-,26+/m1/s1. The topological polar surface area (TPSA) is 111 Å². The number of carbonyl (C=O) groups excluding carboxylic acids is 2. The lowest BCUT2D eigenvalue weighted by molar-refractivity contribution is -0.385. The van der Waals surface area contributed by atoms with Gasteiger partial charge in [0.25, 0.3) is 5.91 Å². The highest BCUT2D eigenvalue weighted by atomic mass is 35.5. The van der Waals surface area contributed by atoms with Gasteiger partial charge >= 0.3 is 5.69 Å². The van der Waals surface area contributed by atoms with E-state index < -0.39 is 23.5 Å². The van der Waals surface area contributed by atoms with Crippen molar-refractivity contribution < 1.29 is 24.0 Å². The van der Waals surface area contributed by atoms with Crippen molar-refractivity contribution in [2.24, 2.45) is 0 Å². The molecule has 212 valence electrons. The van der Waals surface area contributed by atoms with Crippen LogP contribution in [0.2, 0.25) is 10.0 Å². The molecular weight excluding hydrogens is 557 g/mol. The number of nitrogens with one attached hydrogen (secondary N) is 1. The molecule has 1 N–H and O–H groups in total. The maximum atomic E-state index is 13.7. The first-order valence-corrected chi connectivity index (χ1v) is 13.4. The van der Waals surface area contributed by atoms with Gasteiger partial charge in [0.1, 0.15) is 11.8 Å². The van der Waals surface area contributed by atoms with Crippen LogP contribution in [-0.2, 0) is 22.6 Å². The minimum absolute atomic E-state index is 0.00497. The zero-order chi connectivity index (χ0) is 29.2. The number of hydrogen-bond donors (Lipinski definition) is 1. The second kappa shape index (κ2) is 14.5. The zero-order valence-electron chi connectivity index (χ0n) is 22.4. The summed E-state index contributed by atoms with van der Waals surface area (Å²) in [6.45, 7) is 3.44. The van der Waals surface area contributed by atoms with E-state index in [0.29, 0.717) is 22.0 Å². The zero-order valence-corrected chi connectivity index (χ0v) is 23.9. The number of nitro groups is 1. The lowest BCUT2D eigenvalue weighted by atomic mass is 10.0. The summed E-state index contributed by atoms with van der Waals surface area (Å²) in [4.78, 5) is 39.4. The van der Waals surface area contributed by atoms with Crippen molar-refractivity contribution in [3.05, 3.63) is 98.0 Å². The van der Waals surface area contributed by atoms with Crippen LogP contribution in [0.15, 0.2) is 66.7 Å². The van der Waals surface area contributed by atoms with Crippen molar-refractivity contribution in [3.63, 3.8) is 0 Å². The van der Waals surface area contributed by atoms with E-state index in [4.69, 9.17) is 32.7 Å². The molecular formula is C29H31Cl2N3O6. The van der Waals surface area contributed by atoms with Gasteiger partial charge in [0, 0.05) is 41.2 Å². The average molecular weight is 588 g/mol. The first kappa shape index (κ1) is 30.7. The van der Waals surface area contributed by atoms with E-state index >= 15 is 0 Å². The van der Waals surface area contributed by atoms with Gasteiger partial charge in [0.15, 0.2) is 6.61 Å². The van der Waals surface area contributed by atoms with Gasteiger partial charge in [0.05, 0.1) is 12.0 Å². The third-order valence-corrected chi connectivity index (χ3v) is 6.93. The third kappa shape index (κ3) is 8.34. The largest absolute Gasteiger partial charge is 0.490 e. The SMILES string of the molecule is CC[C@@H](C)NC(=O)[C@H](Cc1ccccc1)N(Cc1ccc(Cl)cc1Cl)C(=O)COc1ccc([N+](=O)[O-])c(OC)c1. The van der Waals surface area contributed by atoms with Crippen LogP contribution in [0.5, 0.6) is 11.5 Å². The van der Waals surface area contributed by atoms with Crippen LogP contribution in [-0.4, -0.2) is 47.4 Å². The molecule has 2 amide bonds. The van der Waals surface area contributed by atoms with Crippen LogP contribution in [0.3, 0.4) is 0 Å². The fourth-order valence-electron chi connectivity index (χ4n) is 3.96. The highest BCUT2D eigenvalue weighted by Gasteiger charge is 2.32. The van der Waals surface area contributed by atoms with Crippen molar-refractivity contribution in [1.29, 1.82) is 0 Å². The fourth-order valence-corrected chi connectivity index (χ4v) is 4.42.